The third-order valence-corrected chi connectivity index (χ3v) is 27.4. The molecule has 12 aliphatic rings. The molecule has 8 heterocycles. The van der Waals surface area contributed by atoms with Gasteiger partial charge in [-0.15, -0.1) is 0 Å². The summed E-state index contributed by atoms with van der Waals surface area (Å²) < 4.78 is 82.5. The third-order valence-electron chi connectivity index (χ3n) is 27.4. The van der Waals surface area contributed by atoms with E-state index in [2.05, 4.69) is 92.4 Å². The van der Waals surface area contributed by atoms with E-state index in [-0.39, 0.29) is 47.4 Å². The number of hydrogen-bond donors (Lipinski definition) is 0. The van der Waals surface area contributed by atoms with Crippen LogP contribution in [-0.2, 0) is 25.7 Å². The Labute approximate surface area is 639 Å². The predicted molar refractivity (Wildman–Crippen MR) is 422 cm³/mol. The third kappa shape index (κ3) is 15.7. The smallest absolute Gasteiger partial charge is 0.128 e. The molecule has 0 N–H and O–H groups in total. The van der Waals surface area contributed by atoms with Gasteiger partial charge >= 0.3 is 0 Å². The first-order valence-electron chi connectivity index (χ1n) is 42.3. The highest BCUT2D eigenvalue weighted by Crippen LogP contribution is 2.49. The maximum atomic E-state index is 14.9. The minimum atomic E-state index is -0.0859. The van der Waals surface area contributed by atoms with Gasteiger partial charge in [0.2, 0.25) is 0 Å². The number of benzene rings is 8. The number of hydrogen-bond acceptors (Lipinski definition) is 8. The van der Waals surface area contributed by atoms with Gasteiger partial charge in [0.25, 0.3) is 0 Å². The van der Waals surface area contributed by atoms with Crippen molar-refractivity contribution in [3.63, 3.8) is 0 Å². The molecule has 8 aromatic carbocycles. The Balaban J connectivity index is 0.000000105. The molecule has 12 heteroatoms. The van der Waals surface area contributed by atoms with Crippen molar-refractivity contribution in [1.82, 2.24) is 19.6 Å². The Bertz CT molecular complexity index is 3820. The summed E-state index contributed by atoms with van der Waals surface area (Å²) in [6, 6.07) is 57.9. The molecule has 8 aliphatic heterocycles. The number of ether oxygens (including phenoxy) is 4. The largest absolute Gasteiger partial charge is 0.493 e. The molecule has 12 atom stereocenters. The van der Waals surface area contributed by atoms with E-state index >= 15 is 0 Å². The van der Waals surface area contributed by atoms with E-state index in [4.69, 9.17) is 18.9 Å². The van der Waals surface area contributed by atoms with E-state index in [1.165, 1.54) is 199 Å². The first kappa shape index (κ1) is 73.3. The Morgan fingerprint density at radius 1 is 0.250 bits per heavy atom. The molecule has 0 aromatic heterocycles. The summed E-state index contributed by atoms with van der Waals surface area (Å²) in [4.78, 5) is 10.5. The van der Waals surface area contributed by atoms with Crippen LogP contribution in [0, 0.1) is 46.9 Å². The lowest BCUT2D eigenvalue weighted by Gasteiger charge is -2.48. The number of rotatable bonds is 12. The number of fused-ring (bicyclic) bond motifs is 8. The van der Waals surface area contributed by atoms with E-state index in [0.29, 0.717) is 24.2 Å². The van der Waals surface area contributed by atoms with Crippen molar-refractivity contribution in [2.75, 3.05) is 52.6 Å². The second-order valence-electron chi connectivity index (χ2n) is 33.5. The number of nitrogens with zero attached hydrogens (tertiary/aromatic N) is 4. The monoisotopic (exact) mass is 1460 g/mol. The Morgan fingerprint density at radius 3 is 0.694 bits per heavy atom. The van der Waals surface area contributed by atoms with Gasteiger partial charge in [0.1, 0.15) is 46.3 Å². The first-order valence-corrected chi connectivity index (χ1v) is 42.3. The van der Waals surface area contributed by atoms with Gasteiger partial charge < -0.3 is 18.9 Å². The van der Waals surface area contributed by atoms with Gasteiger partial charge in [0.05, 0.1) is 50.6 Å². The van der Waals surface area contributed by atoms with Gasteiger partial charge in [-0.2, -0.15) is 0 Å². The van der Waals surface area contributed by atoms with Crippen LogP contribution in [0.5, 0.6) is 23.0 Å². The molecule has 8 fully saturated rings. The van der Waals surface area contributed by atoms with Crippen molar-refractivity contribution >= 4 is 0 Å². The minimum absolute atomic E-state index is 0.00278. The lowest BCUT2D eigenvalue weighted by Crippen LogP contribution is -2.48. The molecule has 0 unspecified atom stereocenters. The fourth-order valence-corrected chi connectivity index (χ4v) is 22.4. The van der Waals surface area contributed by atoms with Crippen LogP contribution in [0.2, 0.25) is 0 Å². The molecule has 20 rings (SSSR count). The molecule has 8 nitrogen and oxygen atoms in total. The number of likely N-dealkylation sites (tertiary alicyclic amines) is 4. The second kappa shape index (κ2) is 34.0. The van der Waals surface area contributed by atoms with Gasteiger partial charge in [0, 0.05) is 72.1 Å². The summed E-state index contributed by atoms with van der Waals surface area (Å²) in [6.45, 7) is 7.30. The summed E-state index contributed by atoms with van der Waals surface area (Å²) in [6.07, 6.45) is 35.1. The molecular weight excluding hydrogens is 1350 g/mol. The molecular formula is C96H112F4N4O4. The summed E-state index contributed by atoms with van der Waals surface area (Å²) in [5.74, 6) is 6.77. The molecule has 8 aromatic rings. The normalized spacial score (nSPS) is 26.1. The van der Waals surface area contributed by atoms with Gasteiger partial charge in [-0.3, -0.25) is 19.6 Å². The maximum absolute atomic E-state index is 14.9. The highest BCUT2D eigenvalue weighted by Gasteiger charge is 2.44. The Morgan fingerprint density at radius 2 is 0.463 bits per heavy atom. The summed E-state index contributed by atoms with van der Waals surface area (Å²) in [5.41, 5.74) is 13.2. The van der Waals surface area contributed by atoms with Crippen LogP contribution < -0.4 is 18.9 Å². The van der Waals surface area contributed by atoms with Crippen LogP contribution in [-0.4, -0.2) is 96.4 Å². The molecule has 0 radical (unpaired) electrons. The number of halogens is 4. The standard InChI is InChI=1S/4C24H28FNO/c4*25-21-9-3-2-8-20(21)24(19-11-12-23-18(16-19)13-15-27-23)26-14-5-7-17-6-1-4-10-22(17)26/h4*2-3,8-9,11-12,16-17,22,24H,1,4-7,10,13-15H2/t4*17-,22+,24+/m1111/s1. The zero-order valence-electron chi connectivity index (χ0n) is 63.5. The topological polar surface area (TPSA) is 49.9 Å². The van der Waals surface area contributed by atoms with Crippen LogP contribution in [0.3, 0.4) is 0 Å². The molecule has 108 heavy (non-hydrogen) atoms. The zero-order valence-corrected chi connectivity index (χ0v) is 63.5. The Hall–Kier alpha value is -7.48. The molecule has 568 valence electrons. The van der Waals surface area contributed by atoms with Crippen LogP contribution in [0.4, 0.5) is 17.6 Å². The number of piperidine rings is 4. The van der Waals surface area contributed by atoms with Crippen LogP contribution in [0.1, 0.15) is 245 Å². The summed E-state index contributed by atoms with van der Waals surface area (Å²) >= 11 is 0. The van der Waals surface area contributed by atoms with Crippen LogP contribution in [0.25, 0.3) is 0 Å². The van der Waals surface area contributed by atoms with Crippen molar-refractivity contribution in [2.45, 2.75) is 228 Å². The first-order chi connectivity index (χ1) is 53.2. The van der Waals surface area contributed by atoms with E-state index in [9.17, 15) is 17.6 Å². The van der Waals surface area contributed by atoms with Crippen molar-refractivity contribution in [3.8, 4) is 23.0 Å². The van der Waals surface area contributed by atoms with Gasteiger partial charge in [-0.25, -0.2) is 17.6 Å². The molecule has 4 saturated heterocycles. The minimum Gasteiger partial charge on any atom is -0.493 e. The fraction of sp³-hybridized carbons (Fsp3) is 0.500. The van der Waals surface area contributed by atoms with E-state index < -0.39 is 0 Å². The van der Waals surface area contributed by atoms with Crippen LogP contribution >= 0.6 is 0 Å². The molecule has 0 bridgehead atoms. The second-order valence-corrected chi connectivity index (χ2v) is 33.5. The summed E-state index contributed by atoms with van der Waals surface area (Å²) in [7, 11) is 0. The van der Waals surface area contributed by atoms with Crippen molar-refractivity contribution in [3.05, 3.63) is 260 Å². The maximum Gasteiger partial charge on any atom is 0.128 e. The Kier molecular flexibility index (Phi) is 23.1. The van der Waals surface area contributed by atoms with Crippen molar-refractivity contribution < 1.29 is 36.5 Å². The van der Waals surface area contributed by atoms with Gasteiger partial charge in [-0.1, -0.05) is 173 Å². The molecule has 0 amide bonds. The van der Waals surface area contributed by atoms with E-state index in [1.807, 2.05) is 48.5 Å². The lowest BCUT2D eigenvalue weighted by molar-refractivity contribution is 0.0364. The molecule has 4 saturated carbocycles. The van der Waals surface area contributed by atoms with E-state index in [1.54, 1.807) is 48.5 Å². The highest BCUT2D eigenvalue weighted by molar-refractivity contribution is 5.48. The summed E-state index contributed by atoms with van der Waals surface area (Å²) in [5, 5.41) is 0. The van der Waals surface area contributed by atoms with Crippen molar-refractivity contribution in [1.29, 1.82) is 0 Å². The van der Waals surface area contributed by atoms with Crippen molar-refractivity contribution in [2.24, 2.45) is 23.7 Å². The quantitative estimate of drug-likeness (QED) is 0.112. The molecule has 0 spiro atoms. The average molecular weight is 1460 g/mol. The highest BCUT2D eigenvalue weighted by atomic mass is 19.1. The van der Waals surface area contributed by atoms with Crippen LogP contribution in [0.15, 0.2) is 170 Å². The molecule has 4 aliphatic carbocycles. The zero-order chi connectivity index (χ0) is 72.9. The lowest BCUT2D eigenvalue weighted by atomic mass is 9.76. The fourth-order valence-electron chi connectivity index (χ4n) is 22.4. The van der Waals surface area contributed by atoms with Gasteiger partial charge in [-0.05, 0) is 246 Å². The predicted octanol–water partition coefficient (Wildman–Crippen LogP) is 22.0. The average Bonchev–Trinajstić information content (AvgIpc) is 1.18. The SMILES string of the molecule is Fc1ccccc1[C@H](c1ccc2c(c1)CCO2)N1CCC[C@H]2CCCC[C@@H]21.Fc1ccccc1[C@H](c1ccc2c(c1)CCO2)N1CCC[C@H]2CCCC[C@@H]21.Fc1ccccc1[C@H](c1ccc2c(c1)CCO2)N1CCC[C@H]2CCCC[C@@H]21.Fc1ccccc1[C@H](c1ccc2c(c1)CCO2)N1CCC[C@H]2CCCC[C@@H]21. The van der Waals surface area contributed by atoms with Gasteiger partial charge in [0.15, 0.2) is 0 Å². The van der Waals surface area contributed by atoms with E-state index in [0.717, 1.165) is 147 Å².